The van der Waals surface area contributed by atoms with Crippen molar-refractivity contribution in [3.8, 4) is 0 Å². The van der Waals surface area contributed by atoms with Crippen LogP contribution in [0.2, 0.25) is 0 Å². The Balaban J connectivity index is 0. The molecular weight excluding hydrogens is 326 g/mol. The van der Waals surface area contributed by atoms with Crippen LogP contribution < -0.4 is 0 Å². The fourth-order valence-corrected chi connectivity index (χ4v) is 2.76. The maximum absolute atomic E-state index is 8.74. The van der Waals surface area contributed by atoms with E-state index >= 15 is 0 Å². The van der Waals surface area contributed by atoms with Gasteiger partial charge < -0.3 is 0 Å². The topological polar surface area (TPSA) is 77.8 Å². The third-order valence-electron chi connectivity index (χ3n) is 4.11. The number of hydrogen-bond acceptors (Lipinski definition) is 3. The predicted octanol–water partition coefficient (Wildman–Crippen LogP) is 5.37. The Morgan fingerprint density at radius 1 is 0.750 bits per heavy atom. The van der Waals surface area contributed by atoms with E-state index in [0.717, 1.165) is 0 Å². The highest BCUT2D eigenvalue weighted by molar-refractivity contribution is 7.79. The van der Waals surface area contributed by atoms with Crippen LogP contribution in [0.5, 0.6) is 0 Å². The van der Waals surface area contributed by atoms with Gasteiger partial charge >= 0.3 is 10.4 Å². The maximum Gasteiger partial charge on any atom is 0.394 e. The number of nitrogens with zero attached hydrogens (tertiary/aromatic N) is 1. The Morgan fingerprint density at radius 2 is 1.08 bits per heavy atom. The van der Waals surface area contributed by atoms with E-state index in [4.69, 9.17) is 17.5 Å². The van der Waals surface area contributed by atoms with Crippen molar-refractivity contribution in [3.63, 3.8) is 0 Å². The Morgan fingerprint density at radius 3 is 1.38 bits per heavy atom. The molecule has 0 aliphatic rings. The SMILES string of the molecule is CCCCCCCCCCCCN(CC)C(C)(C)C.O=S(=O)(O)O. The van der Waals surface area contributed by atoms with Crippen molar-refractivity contribution in [2.24, 2.45) is 0 Å². The van der Waals surface area contributed by atoms with Gasteiger partial charge in [-0.25, -0.2) is 0 Å². The number of rotatable bonds is 12. The monoisotopic (exact) mass is 367 g/mol. The van der Waals surface area contributed by atoms with E-state index in [1.165, 1.54) is 77.3 Å². The quantitative estimate of drug-likeness (QED) is 0.358. The molecule has 2 N–H and O–H groups in total. The number of unbranched alkanes of at least 4 members (excludes halogenated alkanes) is 9. The molecule has 24 heavy (non-hydrogen) atoms. The van der Waals surface area contributed by atoms with E-state index < -0.39 is 10.4 Å². The minimum Gasteiger partial charge on any atom is -0.299 e. The lowest BCUT2D eigenvalue weighted by Crippen LogP contribution is -2.41. The molecule has 0 heterocycles. The van der Waals surface area contributed by atoms with E-state index in [0.29, 0.717) is 5.54 Å². The van der Waals surface area contributed by atoms with Gasteiger partial charge in [-0.2, -0.15) is 8.42 Å². The Labute approximate surface area is 150 Å². The average molecular weight is 368 g/mol. The highest BCUT2D eigenvalue weighted by atomic mass is 32.3. The molecule has 0 atom stereocenters. The Bertz CT molecular complexity index is 356. The van der Waals surface area contributed by atoms with Crippen molar-refractivity contribution in [1.82, 2.24) is 4.90 Å². The van der Waals surface area contributed by atoms with E-state index in [-0.39, 0.29) is 0 Å². The summed E-state index contributed by atoms with van der Waals surface area (Å²) in [6.07, 6.45) is 14.3. The molecular formula is C18H41NO4S. The summed E-state index contributed by atoms with van der Waals surface area (Å²) >= 11 is 0. The summed E-state index contributed by atoms with van der Waals surface area (Å²) in [5, 5.41) is 0. The van der Waals surface area contributed by atoms with Gasteiger partial charge in [0.15, 0.2) is 0 Å². The van der Waals surface area contributed by atoms with Crippen LogP contribution in [-0.4, -0.2) is 41.1 Å². The largest absolute Gasteiger partial charge is 0.394 e. The van der Waals surface area contributed by atoms with Crippen molar-refractivity contribution in [2.45, 2.75) is 104 Å². The van der Waals surface area contributed by atoms with Gasteiger partial charge in [0, 0.05) is 5.54 Å². The zero-order valence-electron chi connectivity index (χ0n) is 16.6. The first-order valence-corrected chi connectivity index (χ1v) is 10.9. The molecule has 0 saturated heterocycles. The first kappa shape index (κ1) is 26.1. The molecule has 0 aliphatic heterocycles. The molecule has 0 spiro atoms. The summed E-state index contributed by atoms with van der Waals surface area (Å²) in [6.45, 7) is 14.0. The lowest BCUT2D eigenvalue weighted by Gasteiger charge is -2.34. The predicted molar refractivity (Wildman–Crippen MR) is 103 cm³/mol. The van der Waals surface area contributed by atoms with E-state index in [9.17, 15) is 0 Å². The van der Waals surface area contributed by atoms with Gasteiger partial charge in [0.2, 0.25) is 0 Å². The van der Waals surface area contributed by atoms with Gasteiger partial charge in [-0.1, -0.05) is 71.6 Å². The standard InChI is InChI=1S/C18H39N.H2O4S/c1-6-8-9-10-11-12-13-14-15-16-17-19(7-2)18(3,4)5;1-5(2,3)4/h6-17H2,1-5H3;(H2,1,2,3,4). The maximum atomic E-state index is 8.74. The second-order valence-corrected chi connectivity index (χ2v) is 8.28. The molecule has 0 bridgehead atoms. The molecule has 0 fully saturated rings. The molecule has 0 radical (unpaired) electrons. The van der Waals surface area contributed by atoms with Gasteiger partial charge in [-0.15, -0.1) is 0 Å². The van der Waals surface area contributed by atoms with Crippen LogP contribution in [-0.2, 0) is 10.4 Å². The van der Waals surface area contributed by atoms with E-state index in [1.807, 2.05) is 0 Å². The van der Waals surface area contributed by atoms with Crippen molar-refractivity contribution >= 4 is 10.4 Å². The van der Waals surface area contributed by atoms with Gasteiger partial charge in [-0.3, -0.25) is 14.0 Å². The van der Waals surface area contributed by atoms with Gasteiger partial charge in [0.05, 0.1) is 0 Å². The molecule has 6 heteroatoms. The van der Waals surface area contributed by atoms with Crippen molar-refractivity contribution in [3.05, 3.63) is 0 Å². The van der Waals surface area contributed by atoms with Crippen LogP contribution in [0.25, 0.3) is 0 Å². The Kier molecular flexibility index (Phi) is 16.4. The molecule has 5 nitrogen and oxygen atoms in total. The summed E-state index contributed by atoms with van der Waals surface area (Å²) in [6, 6.07) is 0. The van der Waals surface area contributed by atoms with Crippen LogP contribution in [0.1, 0.15) is 98.8 Å². The minimum atomic E-state index is -4.67. The third kappa shape index (κ3) is 24.1. The van der Waals surface area contributed by atoms with Crippen LogP contribution in [0.3, 0.4) is 0 Å². The molecule has 148 valence electrons. The number of hydrogen-bond donors (Lipinski definition) is 2. The lowest BCUT2D eigenvalue weighted by atomic mass is 10.0. The molecule has 0 amide bonds. The zero-order chi connectivity index (χ0) is 19.1. The van der Waals surface area contributed by atoms with Crippen LogP contribution >= 0.6 is 0 Å². The smallest absolute Gasteiger partial charge is 0.299 e. The summed E-state index contributed by atoms with van der Waals surface area (Å²) in [5.74, 6) is 0. The Hall–Kier alpha value is -0.170. The van der Waals surface area contributed by atoms with Gasteiger partial charge in [0.25, 0.3) is 0 Å². The highest BCUT2D eigenvalue weighted by Gasteiger charge is 2.18. The van der Waals surface area contributed by atoms with Crippen LogP contribution in [0.15, 0.2) is 0 Å². The third-order valence-corrected chi connectivity index (χ3v) is 4.11. The molecule has 0 aromatic rings. The molecule has 0 aromatic heterocycles. The van der Waals surface area contributed by atoms with Crippen LogP contribution in [0, 0.1) is 0 Å². The molecule has 0 saturated carbocycles. The molecule has 0 rings (SSSR count). The highest BCUT2D eigenvalue weighted by Crippen LogP contribution is 2.15. The van der Waals surface area contributed by atoms with E-state index in [1.54, 1.807) is 0 Å². The molecule has 0 unspecified atom stereocenters. The summed E-state index contributed by atoms with van der Waals surface area (Å²) in [5.41, 5.74) is 0.341. The molecule has 0 aliphatic carbocycles. The first-order chi connectivity index (χ1) is 11.0. The summed E-state index contributed by atoms with van der Waals surface area (Å²) in [4.78, 5) is 2.59. The fraction of sp³-hybridized carbons (Fsp3) is 1.00. The van der Waals surface area contributed by atoms with Crippen molar-refractivity contribution in [1.29, 1.82) is 0 Å². The van der Waals surface area contributed by atoms with Crippen molar-refractivity contribution < 1.29 is 17.5 Å². The first-order valence-electron chi connectivity index (χ1n) is 9.47. The second-order valence-electron chi connectivity index (χ2n) is 7.38. The normalized spacial score (nSPS) is 12.2. The average Bonchev–Trinajstić information content (AvgIpc) is 2.41. The zero-order valence-corrected chi connectivity index (χ0v) is 17.4. The molecule has 0 aromatic carbocycles. The summed E-state index contributed by atoms with van der Waals surface area (Å²) < 4.78 is 31.6. The summed E-state index contributed by atoms with van der Waals surface area (Å²) in [7, 11) is -4.67. The lowest BCUT2D eigenvalue weighted by molar-refractivity contribution is 0.141. The fourth-order valence-electron chi connectivity index (χ4n) is 2.76. The second kappa shape index (κ2) is 15.1. The van der Waals surface area contributed by atoms with Gasteiger partial charge in [-0.05, 0) is 40.3 Å². The van der Waals surface area contributed by atoms with Crippen molar-refractivity contribution in [2.75, 3.05) is 13.1 Å². The van der Waals surface area contributed by atoms with Gasteiger partial charge in [0.1, 0.15) is 0 Å². The minimum absolute atomic E-state index is 0.341. The van der Waals surface area contributed by atoms with Crippen LogP contribution in [0.4, 0.5) is 0 Å². The van der Waals surface area contributed by atoms with E-state index in [2.05, 4.69) is 39.5 Å².